The van der Waals surface area contributed by atoms with Gasteiger partial charge in [-0.2, -0.15) is 0 Å². The van der Waals surface area contributed by atoms with Crippen LogP contribution >= 0.6 is 11.6 Å². The zero-order chi connectivity index (χ0) is 14.5. The van der Waals surface area contributed by atoms with Gasteiger partial charge in [0.25, 0.3) is 0 Å². The van der Waals surface area contributed by atoms with Gasteiger partial charge in [0.05, 0.1) is 7.11 Å². The first-order chi connectivity index (χ1) is 9.63. The van der Waals surface area contributed by atoms with Gasteiger partial charge in [0, 0.05) is 17.1 Å². The fraction of sp³-hybridized carbons (Fsp3) is 0.250. The molecule has 0 aliphatic heterocycles. The highest BCUT2D eigenvalue weighted by atomic mass is 35.5. The molecule has 2 aromatic rings. The van der Waals surface area contributed by atoms with Crippen molar-refractivity contribution in [2.24, 2.45) is 5.73 Å². The third kappa shape index (κ3) is 3.44. The van der Waals surface area contributed by atoms with Gasteiger partial charge in [-0.25, -0.2) is 0 Å². The third-order valence-electron chi connectivity index (χ3n) is 3.10. The van der Waals surface area contributed by atoms with Crippen LogP contribution in [0, 0.1) is 6.92 Å². The van der Waals surface area contributed by atoms with Gasteiger partial charge >= 0.3 is 0 Å². The number of methoxy groups -OCH3 is 1. The Hall–Kier alpha value is -1.71. The summed E-state index contributed by atoms with van der Waals surface area (Å²) < 4.78 is 11.1. The molecule has 0 bridgehead atoms. The molecule has 106 valence electrons. The number of benzene rings is 2. The van der Waals surface area contributed by atoms with Crippen molar-refractivity contribution in [3.05, 3.63) is 58.1 Å². The number of nitrogens with two attached hydrogens (primary N) is 1. The fourth-order valence-electron chi connectivity index (χ4n) is 1.94. The van der Waals surface area contributed by atoms with Gasteiger partial charge in [-0.1, -0.05) is 17.7 Å². The van der Waals surface area contributed by atoms with E-state index in [0.29, 0.717) is 13.2 Å². The first-order valence-corrected chi connectivity index (χ1v) is 6.76. The fourth-order valence-corrected chi connectivity index (χ4v) is 2.06. The maximum Gasteiger partial charge on any atom is 0.125 e. The predicted molar refractivity (Wildman–Crippen MR) is 81.4 cm³/mol. The topological polar surface area (TPSA) is 44.5 Å². The van der Waals surface area contributed by atoms with Crippen LogP contribution in [0.4, 0.5) is 0 Å². The molecule has 0 amide bonds. The zero-order valence-electron chi connectivity index (χ0n) is 11.7. The standard InChI is InChI=1S/C16H18ClNO2/c1-11-7-14(4-5-15(11)17)20-10-13-8-12(9-18)3-6-16(13)19-2/h3-8H,9-10,18H2,1-2H3. The minimum Gasteiger partial charge on any atom is -0.496 e. The second-order valence-corrected chi connectivity index (χ2v) is 4.96. The number of hydrogen-bond donors (Lipinski definition) is 1. The average Bonchev–Trinajstić information content (AvgIpc) is 2.48. The van der Waals surface area contributed by atoms with E-state index in [1.165, 1.54) is 0 Å². The van der Waals surface area contributed by atoms with Crippen molar-refractivity contribution in [2.75, 3.05) is 7.11 Å². The Kier molecular flexibility index (Phi) is 4.88. The third-order valence-corrected chi connectivity index (χ3v) is 3.53. The van der Waals surface area contributed by atoms with E-state index in [1.807, 2.05) is 43.3 Å². The second-order valence-electron chi connectivity index (χ2n) is 4.55. The molecule has 0 aromatic heterocycles. The van der Waals surface area contributed by atoms with Gasteiger partial charge in [-0.15, -0.1) is 0 Å². The van der Waals surface area contributed by atoms with Crippen molar-refractivity contribution in [2.45, 2.75) is 20.1 Å². The predicted octanol–water partition coefficient (Wildman–Crippen LogP) is 3.69. The molecule has 0 atom stereocenters. The summed E-state index contributed by atoms with van der Waals surface area (Å²) in [6.07, 6.45) is 0. The van der Waals surface area contributed by atoms with Crippen LogP contribution in [0.3, 0.4) is 0 Å². The summed E-state index contributed by atoms with van der Waals surface area (Å²) in [7, 11) is 1.65. The van der Waals surface area contributed by atoms with E-state index in [1.54, 1.807) is 7.11 Å². The lowest BCUT2D eigenvalue weighted by atomic mass is 10.1. The van der Waals surface area contributed by atoms with Crippen molar-refractivity contribution in [3.8, 4) is 11.5 Å². The summed E-state index contributed by atoms with van der Waals surface area (Å²) in [4.78, 5) is 0. The van der Waals surface area contributed by atoms with Gasteiger partial charge in [0.15, 0.2) is 0 Å². The number of aryl methyl sites for hydroxylation is 1. The lowest BCUT2D eigenvalue weighted by molar-refractivity contribution is 0.296. The monoisotopic (exact) mass is 291 g/mol. The van der Waals surface area contributed by atoms with Crippen molar-refractivity contribution in [3.63, 3.8) is 0 Å². The molecular weight excluding hydrogens is 274 g/mol. The van der Waals surface area contributed by atoms with E-state index in [-0.39, 0.29) is 0 Å². The molecule has 0 saturated carbocycles. The first-order valence-electron chi connectivity index (χ1n) is 6.39. The number of rotatable bonds is 5. The average molecular weight is 292 g/mol. The largest absolute Gasteiger partial charge is 0.496 e. The van der Waals surface area contributed by atoms with E-state index in [9.17, 15) is 0 Å². The zero-order valence-corrected chi connectivity index (χ0v) is 12.4. The summed E-state index contributed by atoms with van der Waals surface area (Å²) >= 11 is 6.00. The summed E-state index contributed by atoms with van der Waals surface area (Å²) in [5.41, 5.74) is 8.68. The Bertz CT molecular complexity index is 599. The minimum absolute atomic E-state index is 0.429. The molecule has 2 N–H and O–H groups in total. The molecule has 0 radical (unpaired) electrons. The molecular formula is C16H18ClNO2. The number of ether oxygens (including phenoxy) is 2. The van der Waals surface area contributed by atoms with Crippen LogP contribution in [0.5, 0.6) is 11.5 Å². The van der Waals surface area contributed by atoms with Crippen molar-refractivity contribution in [1.82, 2.24) is 0 Å². The van der Waals surface area contributed by atoms with E-state index in [4.69, 9.17) is 26.8 Å². The molecule has 20 heavy (non-hydrogen) atoms. The molecule has 3 nitrogen and oxygen atoms in total. The Morgan fingerprint density at radius 1 is 1.15 bits per heavy atom. The van der Waals surface area contributed by atoms with Gasteiger partial charge < -0.3 is 15.2 Å². The van der Waals surface area contributed by atoms with E-state index in [2.05, 4.69) is 0 Å². The Morgan fingerprint density at radius 3 is 2.60 bits per heavy atom. The van der Waals surface area contributed by atoms with Crippen LogP contribution in [-0.4, -0.2) is 7.11 Å². The molecule has 0 aliphatic carbocycles. The second kappa shape index (κ2) is 6.64. The van der Waals surface area contributed by atoms with E-state index < -0.39 is 0 Å². The summed E-state index contributed by atoms with van der Waals surface area (Å²) in [6, 6.07) is 11.5. The summed E-state index contributed by atoms with van der Waals surface area (Å²) in [5, 5.41) is 0.736. The van der Waals surface area contributed by atoms with Crippen LogP contribution in [0.25, 0.3) is 0 Å². The molecule has 4 heteroatoms. The smallest absolute Gasteiger partial charge is 0.125 e. The van der Waals surface area contributed by atoms with Crippen LogP contribution < -0.4 is 15.2 Å². The van der Waals surface area contributed by atoms with Crippen molar-refractivity contribution >= 4 is 11.6 Å². The highest BCUT2D eigenvalue weighted by Gasteiger charge is 2.06. The lowest BCUT2D eigenvalue weighted by Gasteiger charge is -2.12. The molecule has 2 aromatic carbocycles. The molecule has 0 unspecified atom stereocenters. The van der Waals surface area contributed by atoms with Gasteiger partial charge in [0.2, 0.25) is 0 Å². The van der Waals surface area contributed by atoms with Crippen molar-refractivity contribution < 1.29 is 9.47 Å². The number of halogens is 1. The van der Waals surface area contributed by atoms with Crippen LogP contribution in [0.15, 0.2) is 36.4 Å². The molecule has 0 aliphatic rings. The SMILES string of the molecule is COc1ccc(CN)cc1COc1ccc(Cl)c(C)c1. The summed E-state index contributed by atoms with van der Waals surface area (Å²) in [5.74, 6) is 1.58. The molecule has 0 heterocycles. The highest BCUT2D eigenvalue weighted by molar-refractivity contribution is 6.31. The summed E-state index contributed by atoms with van der Waals surface area (Å²) in [6.45, 7) is 2.87. The quantitative estimate of drug-likeness (QED) is 0.913. The van der Waals surface area contributed by atoms with Gasteiger partial charge in [-0.05, 0) is 48.4 Å². The normalized spacial score (nSPS) is 10.4. The van der Waals surface area contributed by atoms with Crippen LogP contribution in [0.2, 0.25) is 5.02 Å². The molecule has 0 fully saturated rings. The lowest BCUT2D eigenvalue weighted by Crippen LogP contribution is -2.02. The molecule has 2 rings (SSSR count). The van der Waals surface area contributed by atoms with Crippen LogP contribution in [0.1, 0.15) is 16.7 Å². The highest BCUT2D eigenvalue weighted by Crippen LogP contribution is 2.24. The maximum atomic E-state index is 6.00. The Balaban J connectivity index is 2.15. The Labute approximate surface area is 124 Å². The van der Waals surface area contributed by atoms with E-state index >= 15 is 0 Å². The van der Waals surface area contributed by atoms with Crippen molar-refractivity contribution in [1.29, 1.82) is 0 Å². The van der Waals surface area contributed by atoms with Gasteiger partial charge in [0.1, 0.15) is 18.1 Å². The molecule has 0 saturated heterocycles. The first kappa shape index (κ1) is 14.7. The minimum atomic E-state index is 0.429. The Morgan fingerprint density at radius 2 is 1.95 bits per heavy atom. The number of hydrogen-bond acceptors (Lipinski definition) is 3. The van der Waals surface area contributed by atoms with E-state index in [0.717, 1.165) is 33.2 Å². The van der Waals surface area contributed by atoms with Crippen LogP contribution in [-0.2, 0) is 13.2 Å². The molecule has 0 spiro atoms. The maximum absolute atomic E-state index is 6.00. The van der Waals surface area contributed by atoms with Gasteiger partial charge in [-0.3, -0.25) is 0 Å².